The van der Waals surface area contributed by atoms with Crippen LogP contribution in [0.15, 0.2) is 18.3 Å². The van der Waals surface area contributed by atoms with Gasteiger partial charge in [0, 0.05) is 45.5 Å². The van der Waals surface area contributed by atoms with Crippen LogP contribution >= 0.6 is 0 Å². The second kappa shape index (κ2) is 7.13. The number of nitrogens with zero attached hydrogens (tertiary/aromatic N) is 3. The number of ether oxygens (including phenoxy) is 2. The lowest BCUT2D eigenvalue weighted by Gasteiger charge is -2.27. The number of morpholine rings is 2. The molecule has 5 nitrogen and oxygen atoms in total. The van der Waals surface area contributed by atoms with Crippen LogP contribution in [0.1, 0.15) is 11.3 Å². The Kier molecular flexibility index (Phi) is 4.97. The van der Waals surface area contributed by atoms with Gasteiger partial charge < -0.3 is 9.47 Å². The van der Waals surface area contributed by atoms with Crippen molar-refractivity contribution in [3.63, 3.8) is 0 Å². The predicted octanol–water partition coefficient (Wildman–Crippen LogP) is 0.746. The van der Waals surface area contributed by atoms with Gasteiger partial charge in [0.2, 0.25) is 0 Å². The quantitative estimate of drug-likeness (QED) is 0.812. The normalized spacial score (nSPS) is 22.0. The van der Waals surface area contributed by atoms with E-state index in [2.05, 4.69) is 26.9 Å². The second-order valence-electron chi connectivity index (χ2n) is 5.43. The first-order valence-electron chi connectivity index (χ1n) is 7.44. The van der Waals surface area contributed by atoms with Gasteiger partial charge in [0.25, 0.3) is 0 Å². The van der Waals surface area contributed by atoms with Gasteiger partial charge in [-0.15, -0.1) is 0 Å². The third-order valence-corrected chi connectivity index (χ3v) is 3.89. The molecule has 0 N–H and O–H groups in total. The summed E-state index contributed by atoms with van der Waals surface area (Å²) in [5, 5.41) is 0. The lowest BCUT2D eigenvalue weighted by molar-refractivity contribution is 0.0332. The van der Waals surface area contributed by atoms with Crippen LogP contribution in [-0.4, -0.2) is 67.4 Å². The molecule has 3 rings (SSSR count). The smallest absolute Gasteiger partial charge is 0.0594 e. The molecule has 0 amide bonds. The van der Waals surface area contributed by atoms with E-state index < -0.39 is 0 Å². The van der Waals surface area contributed by atoms with Crippen molar-refractivity contribution in [2.45, 2.75) is 13.1 Å². The first-order valence-corrected chi connectivity index (χ1v) is 7.44. The zero-order valence-electron chi connectivity index (χ0n) is 12.0. The largest absolute Gasteiger partial charge is 0.379 e. The maximum Gasteiger partial charge on any atom is 0.0594 e. The summed E-state index contributed by atoms with van der Waals surface area (Å²) in [6.45, 7) is 9.37. The van der Waals surface area contributed by atoms with Gasteiger partial charge in [0.05, 0.1) is 32.1 Å². The number of aromatic nitrogens is 1. The molecule has 0 bridgehead atoms. The molecule has 3 heterocycles. The minimum atomic E-state index is 0.842. The van der Waals surface area contributed by atoms with Gasteiger partial charge in [-0.3, -0.25) is 14.8 Å². The Morgan fingerprint density at radius 3 is 2.00 bits per heavy atom. The minimum absolute atomic E-state index is 0.842. The summed E-state index contributed by atoms with van der Waals surface area (Å²) in [5.74, 6) is 0. The molecule has 2 saturated heterocycles. The zero-order chi connectivity index (χ0) is 13.6. The Labute approximate surface area is 120 Å². The Bertz CT molecular complexity index is 359. The molecule has 1 aromatic heterocycles. The average molecular weight is 277 g/mol. The van der Waals surface area contributed by atoms with Crippen molar-refractivity contribution in [1.29, 1.82) is 0 Å². The van der Waals surface area contributed by atoms with Crippen LogP contribution in [-0.2, 0) is 22.6 Å². The summed E-state index contributed by atoms with van der Waals surface area (Å²) in [4.78, 5) is 9.41. The number of rotatable bonds is 4. The van der Waals surface area contributed by atoms with Gasteiger partial charge in [-0.05, 0) is 11.6 Å². The summed E-state index contributed by atoms with van der Waals surface area (Å²) in [6, 6.07) is 4.36. The van der Waals surface area contributed by atoms with E-state index in [1.54, 1.807) is 0 Å². The highest BCUT2D eigenvalue weighted by Gasteiger charge is 2.13. The number of pyridine rings is 1. The third kappa shape index (κ3) is 3.99. The molecule has 0 aliphatic carbocycles. The fourth-order valence-corrected chi connectivity index (χ4v) is 2.65. The predicted molar refractivity (Wildman–Crippen MR) is 76.4 cm³/mol. The molecule has 110 valence electrons. The van der Waals surface area contributed by atoms with E-state index in [4.69, 9.17) is 9.47 Å². The molecular formula is C15H23N3O2. The maximum atomic E-state index is 5.37. The van der Waals surface area contributed by atoms with Crippen LogP contribution in [0, 0.1) is 0 Å². The molecular weight excluding hydrogens is 254 g/mol. The van der Waals surface area contributed by atoms with E-state index in [1.165, 1.54) is 5.56 Å². The Morgan fingerprint density at radius 2 is 1.45 bits per heavy atom. The molecule has 0 aromatic carbocycles. The standard InChI is InChI=1S/C15H23N3O2/c1-2-15(13-18-5-9-20-10-6-18)16-11-14(1)12-17-3-7-19-8-4-17/h1-2,11H,3-10,12-13H2. The monoisotopic (exact) mass is 277 g/mol. The highest BCUT2D eigenvalue weighted by Crippen LogP contribution is 2.09. The van der Waals surface area contributed by atoms with Crippen LogP contribution in [0.25, 0.3) is 0 Å². The van der Waals surface area contributed by atoms with Gasteiger partial charge in [0.15, 0.2) is 0 Å². The summed E-state index contributed by atoms with van der Waals surface area (Å²) < 4.78 is 10.7. The molecule has 2 aliphatic heterocycles. The fraction of sp³-hybridized carbons (Fsp3) is 0.667. The van der Waals surface area contributed by atoms with Crippen molar-refractivity contribution in [2.24, 2.45) is 0 Å². The highest BCUT2D eigenvalue weighted by atomic mass is 16.5. The van der Waals surface area contributed by atoms with Gasteiger partial charge in [-0.1, -0.05) is 6.07 Å². The van der Waals surface area contributed by atoms with Crippen molar-refractivity contribution in [1.82, 2.24) is 14.8 Å². The van der Waals surface area contributed by atoms with Crippen LogP contribution in [0.2, 0.25) is 0 Å². The number of hydrogen-bond acceptors (Lipinski definition) is 5. The Balaban J connectivity index is 1.51. The molecule has 0 saturated carbocycles. The number of hydrogen-bond donors (Lipinski definition) is 0. The maximum absolute atomic E-state index is 5.37. The molecule has 0 spiro atoms. The van der Waals surface area contributed by atoms with Gasteiger partial charge in [-0.25, -0.2) is 0 Å². The molecule has 2 aliphatic rings. The van der Waals surface area contributed by atoms with E-state index in [-0.39, 0.29) is 0 Å². The molecule has 0 unspecified atom stereocenters. The van der Waals surface area contributed by atoms with E-state index in [1.807, 2.05) is 6.20 Å². The molecule has 2 fully saturated rings. The average Bonchev–Trinajstić information content (AvgIpc) is 2.51. The van der Waals surface area contributed by atoms with Crippen LogP contribution in [0.3, 0.4) is 0 Å². The lowest BCUT2D eigenvalue weighted by Crippen LogP contribution is -2.36. The fourth-order valence-electron chi connectivity index (χ4n) is 2.65. The van der Waals surface area contributed by atoms with Crippen molar-refractivity contribution >= 4 is 0 Å². The third-order valence-electron chi connectivity index (χ3n) is 3.89. The van der Waals surface area contributed by atoms with Gasteiger partial charge >= 0.3 is 0 Å². The molecule has 0 atom stereocenters. The lowest BCUT2D eigenvalue weighted by atomic mass is 10.2. The highest BCUT2D eigenvalue weighted by molar-refractivity contribution is 5.14. The first kappa shape index (κ1) is 13.9. The second-order valence-corrected chi connectivity index (χ2v) is 5.43. The Hall–Kier alpha value is -1.01. The summed E-state index contributed by atoms with van der Waals surface area (Å²) in [7, 11) is 0. The SMILES string of the molecule is c1cc(CN2CCOCC2)ncc1CN1CCOCC1. The van der Waals surface area contributed by atoms with Gasteiger partial charge in [-0.2, -0.15) is 0 Å². The molecule has 20 heavy (non-hydrogen) atoms. The molecule has 0 radical (unpaired) electrons. The zero-order valence-corrected chi connectivity index (χ0v) is 12.0. The molecule has 5 heteroatoms. The Morgan fingerprint density at radius 1 is 0.850 bits per heavy atom. The molecule has 1 aromatic rings. The summed E-state index contributed by atoms with van der Waals surface area (Å²) in [6.07, 6.45) is 2.02. The van der Waals surface area contributed by atoms with E-state index in [0.29, 0.717) is 0 Å². The van der Waals surface area contributed by atoms with Crippen LogP contribution in [0.4, 0.5) is 0 Å². The van der Waals surface area contributed by atoms with Gasteiger partial charge in [0.1, 0.15) is 0 Å². The van der Waals surface area contributed by atoms with Crippen molar-refractivity contribution in [3.05, 3.63) is 29.6 Å². The van der Waals surface area contributed by atoms with Crippen molar-refractivity contribution in [2.75, 3.05) is 52.6 Å². The van der Waals surface area contributed by atoms with Crippen LogP contribution in [0.5, 0.6) is 0 Å². The minimum Gasteiger partial charge on any atom is -0.379 e. The summed E-state index contributed by atoms with van der Waals surface area (Å²) in [5.41, 5.74) is 2.44. The first-order chi connectivity index (χ1) is 9.90. The van der Waals surface area contributed by atoms with Crippen molar-refractivity contribution < 1.29 is 9.47 Å². The van der Waals surface area contributed by atoms with E-state index in [0.717, 1.165) is 71.4 Å². The topological polar surface area (TPSA) is 37.8 Å². The van der Waals surface area contributed by atoms with Crippen LogP contribution < -0.4 is 0 Å². The summed E-state index contributed by atoms with van der Waals surface area (Å²) >= 11 is 0. The van der Waals surface area contributed by atoms with E-state index in [9.17, 15) is 0 Å². The van der Waals surface area contributed by atoms with Crippen molar-refractivity contribution in [3.8, 4) is 0 Å². The van der Waals surface area contributed by atoms with E-state index >= 15 is 0 Å².